The highest BCUT2D eigenvalue weighted by Gasteiger charge is 2.46. The van der Waals surface area contributed by atoms with Crippen LogP contribution in [0.2, 0.25) is 10.0 Å². The zero-order valence-electron chi connectivity index (χ0n) is 13.8. The number of fused-ring (bicyclic) bond motifs is 4. The minimum atomic E-state index is -0.775. The highest BCUT2D eigenvalue weighted by Crippen LogP contribution is 2.43. The van der Waals surface area contributed by atoms with Gasteiger partial charge in [0.25, 0.3) is 5.91 Å². The zero-order chi connectivity index (χ0) is 18.7. The maximum absolute atomic E-state index is 14.1. The van der Waals surface area contributed by atoms with Crippen molar-refractivity contribution < 1.29 is 9.18 Å². The highest BCUT2D eigenvalue weighted by molar-refractivity contribution is 7.07. The maximum Gasteiger partial charge on any atom is 0.256 e. The van der Waals surface area contributed by atoms with Crippen molar-refractivity contribution in [2.45, 2.75) is 31.5 Å². The van der Waals surface area contributed by atoms with Crippen LogP contribution in [0.25, 0.3) is 11.5 Å². The molecular weight excluding hydrogens is 412 g/mol. The van der Waals surface area contributed by atoms with E-state index in [0.717, 1.165) is 24.4 Å². The van der Waals surface area contributed by atoms with E-state index in [9.17, 15) is 9.18 Å². The molecule has 1 aromatic carbocycles. The van der Waals surface area contributed by atoms with E-state index in [1.54, 1.807) is 10.4 Å². The van der Waals surface area contributed by atoms with Crippen molar-refractivity contribution in [3.63, 3.8) is 0 Å². The summed E-state index contributed by atoms with van der Waals surface area (Å²) in [6, 6.07) is 2.57. The van der Waals surface area contributed by atoms with Gasteiger partial charge in [0.15, 0.2) is 17.5 Å². The average Bonchev–Trinajstić information content (AvgIpc) is 3.38. The second-order valence-electron chi connectivity index (χ2n) is 6.55. The van der Waals surface area contributed by atoms with Crippen LogP contribution in [-0.4, -0.2) is 36.6 Å². The Labute approximate surface area is 167 Å². The molecule has 27 heavy (non-hydrogen) atoms. The molecule has 1 saturated heterocycles. The largest absolute Gasteiger partial charge is 0.324 e. The molecule has 2 aliphatic rings. The van der Waals surface area contributed by atoms with Gasteiger partial charge in [-0.15, -0.1) is 21.5 Å². The van der Waals surface area contributed by atoms with Gasteiger partial charge >= 0.3 is 0 Å². The molecule has 2 atom stereocenters. The molecule has 0 saturated carbocycles. The summed E-state index contributed by atoms with van der Waals surface area (Å²) in [6.45, 7) is 0.575. The Kier molecular flexibility index (Phi) is 3.96. The summed E-state index contributed by atoms with van der Waals surface area (Å²) in [7, 11) is 0. The number of aromatic nitrogens is 4. The van der Waals surface area contributed by atoms with Crippen LogP contribution in [-0.2, 0) is 6.54 Å². The summed E-state index contributed by atoms with van der Waals surface area (Å²) in [4.78, 5) is 19.2. The second kappa shape index (κ2) is 6.25. The first-order chi connectivity index (χ1) is 13.1. The number of amides is 1. The summed E-state index contributed by atoms with van der Waals surface area (Å²) >= 11 is 13.3. The molecule has 5 rings (SSSR count). The smallest absolute Gasteiger partial charge is 0.256 e. The molecule has 4 heterocycles. The van der Waals surface area contributed by atoms with E-state index in [1.165, 1.54) is 23.5 Å². The summed E-state index contributed by atoms with van der Waals surface area (Å²) in [5, 5.41) is 10.2. The van der Waals surface area contributed by atoms with Crippen LogP contribution >= 0.6 is 34.5 Å². The molecule has 10 heteroatoms. The number of carbonyl (C=O) groups excluding carboxylic acids is 1. The standard InChI is InChI=1S/C17H12Cl2FN5OS/c18-10-3-2-9(13(19)14(10)20)17(26)25-8-1-4-12(25)16-23-22-15(24(16)5-8)11-6-27-7-21-11/h2-3,6-8,12H,1,4-5H2/t8-,12-/m1/s1. The number of thiazole rings is 1. The summed E-state index contributed by atoms with van der Waals surface area (Å²) < 4.78 is 16.1. The Morgan fingerprint density at radius 1 is 1.26 bits per heavy atom. The Bertz CT molecular complexity index is 1050. The fraction of sp³-hybridized carbons (Fsp3) is 0.294. The lowest BCUT2D eigenvalue weighted by atomic mass is 10.1. The number of halogens is 3. The van der Waals surface area contributed by atoms with Gasteiger partial charge in [0.05, 0.1) is 33.2 Å². The Hall–Kier alpha value is -2.03. The van der Waals surface area contributed by atoms with Crippen molar-refractivity contribution >= 4 is 40.4 Å². The van der Waals surface area contributed by atoms with Crippen LogP contribution in [0, 0.1) is 5.82 Å². The predicted molar refractivity (Wildman–Crippen MR) is 99.5 cm³/mol. The number of nitrogens with zero attached hydrogens (tertiary/aromatic N) is 5. The third-order valence-electron chi connectivity index (χ3n) is 5.13. The van der Waals surface area contributed by atoms with Gasteiger partial charge < -0.3 is 9.47 Å². The van der Waals surface area contributed by atoms with E-state index in [2.05, 4.69) is 15.2 Å². The number of hydrogen-bond donors (Lipinski definition) is 0. The summed E-state index contributed by atoms with van der Waals surface area (Å²) in [5.74, 6) is 0.353. The van der Waals surface area contributed by atoms with Crippen molar-refractivity contribution in [3.8, 4) is 11.5 Å². The molecule has 138 valence electrons. The highest BCUT2D eigenvalue weighted by atomic mass is 35.5. The van der Waals surface area contributed by atoms with Crippen LogP contribution < -0.4 is 0 Å². The fourth-order valence-corrected chi connectivity index (χ4v) is 4.90. The van der Waals surface area contributed by atoms with E-state index in [0.29, 0.717) is 12.4 Å². The summed E-state index contributed by atoms with van der Waals surface area (Å²) in [6.07, 6.45) is 1.61. The minimum Gasteiger partial charge on any atom is -0.324 e. The van der Waals surface area contributed by atoms with Crippen LogP contribution in [0.5, 0.6) is 0 Å². The number of carbonyl (C=O) groups is 1. The maximum atomic E-state index is 14.1. The summed E-state index contributed by atoms with van der Waals surface area (Å²) in [5.41, 5.74) is 2.64. The molecule has 2 aromatic heterocycles. The first-order valence-electron chi connectivity index (χ1n) is 8.34. The number of hydrogen-bond acceptors (Lipinski definition) is 5. The van der Waals surface area contributed by atoms with Crippen molar-refractivity contribution in [2.75, 3.05) is 0 Å². The SMILES string of the molecule is O=C(c1ccc(Cl)c(F)c1Cl)N1[C@@H]2CC[C@@H]1c1nnc(-c3cscn3)n1C2. The van der Waals surface area contributed by atoms with Crippen molar-refractivity contribution in [3.05, 3.63) is 50.3 Å². The molecule has 1 amide bonds. The van der Waals surface area contributed by atoms with Gasteiger partial charge in [-0.25, -0.2) is 9.37 Å². The number of rotatable bonds is 2. The normalized spacial score (nSPS) is 20.8. The van der Waals surface area contributed by atoms with Crippen LogP contribution in [0.15, 0.2) is 23.0 Å². The van der Waals surface area contributed by atoms with Gasteiger partial charge in [-0.3, -0.25) is 4.79 Å². The quantitative estimate of drug-likeness (QED) is 0.579. The Morgan fingerprint density at radius 2 is 2.11 bits per heavy atom. The minimum absolute atomic E-state index is 0.0295. The lowest BCUT2D eigenvalue weighted by Gasteiger charge is -2.35. The molecule has 0 unspecified atom stereocenters. The molecule has 0 radical (unpaired) electrons. The third-order valence-corrected chi connectivity index (χ3v) is 6.38. The third kappa shape index (κ3) is 2.50. The van der Waals surface area contributed by atoms with E-state index < -0.39 is 5.82 Å². The van der Waals surface area contributed by atoms with Gasteiger partial charge in [-0.2, -0.15) is 0 Å². The average molecular weight is 424 g/mol. The Balaban J connectivity index is 1.54. The van der Waals surface area contributed by atoms with Crippen molar-refractivity contribution in [1.29, 1.82) is 0 Å². The molecule has 0 N–H and O–H groups in total. The van der Waals surface area contributed by atoms with E-state index in [4.69, 9.17) is 23.2 Å². The molecule has 2 aliphatic heterocycles. The number of benzene rings is 1. The molecule has 3 aromatic rings. The van der Waals surface area contributed by atoms with Crippen molar-refractivity contribution in [1.82, 2.24) is 24.6 Å². The predicted octanol–water partition coefficient (Wildman–Crippen LogP) is 4.21. The van der Waals surface area contributed by atoms with Gasteiger partial charge in [0, 0.05) is 11.9 Å². The van der Waals surface area contributed by atoms with Gasteiger partial charge in [0.2, 0.25) is 0 Å². The van der Waals surface area contributed by atoms with Gasteiger partial charge in [0.1, 0.15) is 5.69 Å². The van der Waals surface area contributed by atoms with Crippen LogP contribution in [0.3, 0.4) is 0 Å². The van der Waals surface area contributed by atoms with E-state index >= 15 is 0 Å². The van der Waals surface area contributed by atoms with Crippen LogP contribution in [0.1, 0.15) is 35.1 Å². The van der Waals surface area contributed by atoms with Gasteiger partial charge in [-0.1, -0.05) is 23.2 Å². The lowest BCUT2D eigenvalue weighted by molar-refractivity contribution is 0.0597. The molecule has 6 nitrogen and oxygen atoms in total. The zero-order valence-corrected chi connectivity index (χ0v) is 16.1. The fourth-order valence-electron chi connectivity index (χ4n) is 3.92. The topological polar surface area (TPSA) is 63.9 Å². The first kappa shape index (κ1) is 17.1. The first-order valence-corrected chi connectivity index (χ1v) is 10.0. The molecule has 0 aliphatic carbocycles. The molecule has 0 spiro atoms. The Morgan fingerprint density at radius 3 is 2.89 bits per heavy atom. The second-order valence-corrected chi connectivity index (χ2v) is 8.05. The van der Waals surface area contributed by atoms with Gasteiger partial charge in [-0.05, 0) is 25.0 Å². The monoisotopic (exact) mass is 423 g/mol. The molecule has 2 bridgehead atoms. The van der Waals surface area contributed by atoms with E-state index in [1.807, 2.05) is 9.95 Å². The van der Waals surface area contributed by atoms with Crippen molar-refractivity contribution in [2.24, 2.45) is 0 Å². The molecule has 1 fully saturated rings. The molecular formula is C17H12Cl2FN5OS. The van der Waals surface area contributed by atoms with Crippen LogP contribution in [0.4, 0.5) is 4.39 Å². The van der Waals surface area contributed by atoms with E-state index in [-0.39, 0.29) is 33.6 Å². The lowest BCUT2D eigenvalue weighted by Crippen LogP contribution is -2.44.